The van der Waals surface area contributed by atoms with Gasteiger partial charge in [0.25, 0.3) is 0 Å². The van der Waals surface area contributed by atoms with E-state index in [1.54, 1.807) is 0 Å². The van der Waals surface area contributed by atoms with Crippen LogP contribution in [-0.2, 0) is 6.61 Å². The molecule has 1 aliphatic rings. The standard InChI is InChI=1S/C12H12F4N2O/c13-10-8(7-19)1-4-17-11(10)18-5-2-9(3-6-18)12(14,15)16/h1-2,4,19H,3,5-7H2. The van der Waals surface area contributed by atoms with Gasteiger partial charge < -0.3 is 10.0 Å². The Morgan fingerprint density at radius 3 is 2.63 bits per heavy atom. The number of hydrogen-bond acceptors (Lipinski definition) is 3. The summed E-state index contributed by atoms with van der Waals surface area (Å²) in [6.07, 6.45) is -2.16. The zero-order valence-electron chi connectivity index (χ0n) is 9.91. The van der Waals surface area contributed by atoms with Gasteiger partial charge in [0.05, 0.1) is 6.61 Å². The number of rotatable bonds is 2. The number of nitrogens with zero attached hydrogens (tertiary/aromatic N) is 2. The van der Waals surface area contributed by atoms with E-state index in [0.29, 0.717) is 0 Å². The first-order valence-corrected chi connectivity index (χ1v) is 5.69. The number of halogens is 4. The van der Waals surface area contributed by atoms with Gasteiger partial charge in [-0.1, -0.05) is 6.08 Å². The summed E-state index contributed by atoms with van der Waals surface area (Å²) in [6.45, 7) is -0.476. The highest BCUT2D eigenvalue weighted by molar-refractivity contribution is 5.45. The molecular formula is C12H12F4N2O. The minimum Gasteiger partial charge on any atom is -0.392 e. The molecule has 0 atom stereocenters. The Balaban J connectivity index is 2.21. The largest absolute Gasteiger partial charge is 0.412 e. The molecular weight excluding hydrogens is 264 g/mol. The molecule has 104 valence electrons. The lowest BCUT2D eigenvalue weighted by atomic mass is 10.1. The normalized spacial score (nSPS) is 16.5. The van der Waals surface area contributed by atoms with Gasteiger partial charge in [-0.15, -0.1) is 0 Å². The minimum atomic E-state index is -4.33. The van der Waals surface area contributed by atoms with Crippen LogP contribution >= 0.6 is 0 Å². The van der Waals surface area contributed by atoms with Gasteiger partial charge in [0.2, 0.25) is 0 Å². The van der Waals surface area contributed by atoms with Crippen LogP contribution in [0.2, 0.25) is 0 Å². The van der Waals surface area contributed by atoms with E-state index in [4.69, 9.17) is 5.11 Å². The van der Waals surface area contributed by atoms with Crippen LogP contribution in [0.3, 0.4) is 0 Å². The SMILES string of the molecule is OCc1ccnc(N2CC=C(C(F)(F)F)CC2)c1F. The number of anilines is 1. The van der Waals surface area contributed by atoms with Gasteiger partial charge >= 0.3 is 6.18 Å². The molecule has 0 unspecified atom stereocenters. The Kier molecular flexibility index (Phi) is 3.75. The number of hydrogen-bond donors (Lipinski definition) is 1. The molecule has 0 aromatic carbocycles. The van der Waals surface area contributed by atoms with E-state index in [9.17, 15) is 17.6 Å². The lowest BCUT2D eigenvalue weighted by Crippen LogP contribution is -2.33. The van der Waals surface area contributed by atoms with Gasteiger partial charge in [-0.3, -0.25) is 0 Å². The highest BCUT2D eigenvalue weighted by Crippen LogP contribution is 2.31. The summed E-state index contributed by atoms with van der Waals surface area (Å²) in [5, 5.41) is 8.94. The molecule has 2 rings (SSSR count). The first kappa shape index (κ1) is 13.8. The quantitative estimate of drug-likeness (QED) is 0.665. The summed E-state index contributed by atoms with van der Waals surface area (Å²) in [5.74, 6) is -0.710. The van der Waals surface area contributed by atoms with E-state index < -0.39 is 24.2 Å². The second-order valence-electron chi connectivity index (χ2n) is 4.19. The first-order valence-electron chi connectivity index (χ1n) is 5.69. The maximum atomic E-state index is 13.9. The third-order valence-electron chi connectivity index (χ3n) is 2.99. The van der Waals surface area contributed by atoms with Gasteiger partial charge in [-0.2, -0.15) is 13.2 Å². The Morgan fingerprint density at radius 2 is 2.11 bits per heavy atom. The predicted octanol–water partition coefficient (Wildman–Crippen LogP) is 2.41. The molecule has 0 radical (unpaired) electrons. The van der Waals surface area contributed by atoms with Crippen molar-refractivity contribution in [2.75, 3.05) is 18.0 Å². The molecule has 0 bridgehead atoms. The number of pyridine rings is 1. The van der Waals surface area contributed by atoms with Crippen LogP contribution in [0.1, 0.15) is 12.0 Å². The average Bonchev–Trinajstić information content (AvgIpc) is 2.38. The van der Waals surface area contributed by atoms with Crippen LogP contribution < -0.4 is 4.90 Å². The van der Waals surface area contributed by atoms with Gasteiger partial charge in [-0.05, 0) is 12.5 Å². The van der Waals surface area contributed by atoms with Crippen LogP contribution in [0.5, 0.6) is 0 Å². The molecule has 0 fully saturated rings. The minimum absolute atomic E-state index is 0.0241. The van der Waals surface area contributed by atoms with Crippen LogP contribution in [0.4, 0.5) is 23.4 Å². The monoisotopic (exact) mass is 276 g/mol. The molecule has 1 N–H and O–H groups in total. The van der Waals surface area contributed by atoms with E-state index in [2.05, 4.69) is 4.98 Å². The maximum absolute atomic E-state index is 13.9. The molecule has 19 heavy (non-hydrogen) atoms. The topological polar surface area (TPSA) is 36.4 Å². The zero-order chi connectivity index (χ0) is 14.0. The summed E-state index contributed by atoms with van der Waals surface area (Å²) in [4.78, 5) is 5.25. The predicted molar refractivity (Wildman–Crippen MR) is 61.1 cm³/mol. The van der Waals surface area contributed by atoms with Crippen LogP contribution in [0.15, 0.2) is 23.9 Å². The van der Waals surface area contributed by atoms with E-state index in [1.807, 2.05) is 0 Å². The zero-order valence-corrected chi connectivity index (χ0v) is 9.91. The summed E-state index contributed by atoms with van der Waals surface area (Å²) in [6, 6.07) is 1.33. The van der Waals surface area contributed by atoms with Crippen molar-refractivity contribution in [1.29, 1.82) is 0 Å². The van der Waals surface area contributed by atoms with Crippen LogP contribution in [0, 0.1) is 5.82 Å². The number of aliphatic hydroxyl groups is 1. The van der Waals surface area contributed by atoms with Crippen molar-refractivity contribution < 1.29 is 22.7 Å². The fraction of sp³-hybridized carbons (Fsp3) is 0.417. The third kappa shape index (κ3) is 2.86. The van der Waals surface area contributed by atoms with E-state index in [1.165, 1.54) is 17.2 Å². The van der Waals surface area contributed by atoms with Crippen molar-refractivity contribution in [3.8, 4) is 0 Å². The summed E-state index contributed by atoms with van der Waals surface area (Å²) >= 11 is 0. The second-order valence-corrected chi connectivity index (χ2v) is 4.19. The van der Waals surface area contributed by atoms with Crippen molar-refractivity contribution >= 4 is 5.82 Å². The smallest absolute Gasteiger partial charge is 0.392 e. The summed E-state index contributed by atoms with van der Waals surface area (Å²) < 4.78 is 51.3. The highest BCUT2D eigenvalue weighted by Gasteiger charge is 2.35. The third-order valence-corrected chi connectivity index (χ3v) is 2.99. The lowest BCUT2D eigenvalue weighted by molar-refractivity contribution is -0.0944. The van der Waals surface area contributed by atoms with Gasteiger partial charge in [0.1, 0.15) is 0 Å². The Hall–Kier alpha value is -1.63. The van der Waals surface area contributed by atoms with Gasteiger partial charge in [-0.25, -0.2) is 9.37 Å². The molecule has 1 aromatic heterocycles. The van der Waals surface area contributed by atoms with E-state index >= 15 is 0 Å². The molecule has 0 aliphatic carbocycles. The number of aromatic nitrogens is 1. The molecule has 3 nitrogen and oxygen atoms in total. The van der Waals surface area contributed by atoms with Crippen molar-refractivity contribution in [2.45, 2.75) is 19.2 Å². The molecule has 2 heterocycles. The molecule has 0 amide bonds. The molecule has 1 aromatic rings. The summed E-state index contributed by atoms with van der Waals surface area (Å²) in [5.41, 5.74) is -0.516. The Labute approximate surface area is 107 Å². The van der Waals surface area contributed by atoms with Crippen molar-refractivity contribution in [1.82, 2.24) is 4.98 Å². The van der Waals surface area contributed by atoms with Crippen molar-refractivity contribution in [3.05, 3.63) is 35.3 Å². The fourth-order valence-corrected chi connectivity index (χ4v) is 1.93. The second kappa shape index (κ2) is 5.16. The maximum Gasteiger partial charge on any atom is 0.412 e. The molecule has 0 spiro atoms. The van der Waals surface area contributed by atoms with Crippen LogP contribution in [0.25, 0.3) is 0 Å². The van der Waals surface area contributed by atoms with E-state index in [-0.39, 0.29) is 30.9 Å². The average molecular weight is 276 g/mol. The summed E-state index contributed by atoms with van der Waals surface area (Å²) in [7, 11) is 0. The number of aliphatic hydroxyl groups excluding tert-OH is 1. The van der Waals surface area contributed by atoms with Crippen molar-refractivity contribution in [2.24, 2.45) is 0 Å². The fourth-order valence-electron chi connectivity index (χ4n) is 1.93. The lowest BCUT2D eigenvalue weighted by Gasteiger charge is -2.28. The van der Waals surface area contributed by atoms with Gasteiger partial charge in [0, 0.05) is 30.4 Å². The van der Waals surface area contributed by atoms with Crippen molar-refractivity contribution in [3.63, 3.8) is 0 Å². The van der Waals surface area contributed by atoms with E-state index in [0.717, 1.165) is 6.08 Å². The molecule has 7 heteroatoms. The van der Waals surface area contributed by atoms with Gasteiger partial charge in [0.15, 0.2) is 11.6 Å². The highest BCUT2D eigenvalue weighted by atomic mass is 19.4. The molecule has 1 aliphatic heterocycles. The Morgan fingerprint density at radius 1 is 1.37 bits per heavy atom. The Bertz CT molecular complexity index is 499. The first-order chi connectivity index (χ1) is 8.93. The molecule has 0 saturated carbocycles. The van der Waals surface area contributed by atoms with Crippen LogP contribution in [-0.4, -0.2) is 29.4 Å². The molecule has 0 saturated heterocycles. The number of alkyl halides is 3.